The van der Waals surface area contributed by atoms with Gasteiger partial charge in [0.05, 0.1) is 6.42 Å². The van der Waals surface area contributed by atoms with E-state index in [0.717, 1.165) is 6.42 Å². The first-order valence-electron chi connectivity index (χ1n) is 6.44. The molecular formula is C12H21N3O4. The van der Waals surface area contributed by atoms with Crippen LogP contribution in [-0.4, -0.2) is 66.0 Å². The van der Waals surface area contributed by atoms with Crippen LogP contribution in [0.4, 0.5) is 4.79 Å². The lowest BCUT2D eigenvalue weighted by Crippen LogP contribution is -2.56. The third-order valence-electron chi connectivity index (χ3n) is 3.07. The number of likely N-dealkylation sites (N-methyl/N-ethyl adjacent to an activating group) is 1. The summed E-state index contributed by atoms with van der Waals surface area (Å²) in [4.78, 5) is 37.1. The van der Waals surface area contributed by atoms with E-state index in [-0.39, 0.29) is 30.8 Å². The van der Waals surface area contributed by atoms with E-state index in [1.165, 1.54) is 11.9 Å². The van der Waals surface area contributed by atoms with Gasteiger partial charge in [-0.25, -0.2) is 4.79 Å². The van der Waals surface area contributed by atoms with Crippen molar-refractivity contribution in [3.8, 4) is 0 Å². The molecule has 7 nitrogen and oxygen atoms in total. The van der Waals surface area contributed by atoms with Crippen LogP contribution in [0, 0.1) is 5.92 Å². The van der Waals surface area contributed by atoms with Crippen LogP contribution in [0.3, 0.4) is 0 Å². The molecule has 108 valence electrons. The SMILES string of the molecule is CCCN(CC(=O)NC)C(=O)N1CC(CC(=O)O)C1. The van der Waals surface area contributed by atoms with Gasteiger partial charge in [0.2, 0.25) is 5.91 Å². The molecule has 19 heavy (non-hydrogen) atoms. The number of carbonyl (C=O) groups is 3. The fourth-order valence-corrected chi connectivity index (χ4v) is 2.07. The van der Waals surface area contributed by atoms with Gasteiger partial charge in [0.15, 0.2) is 0 Å². The Morgan fingerprint density at radius 1 is 1.37 bits per heavy atom. The first-order chi connectivity index (χ1) is 8.97. The summed E-state index contributed by atoms with van der Waals surface area (Å²) in [5.74, 6) is -1.01. The number of rotatable bonds is 6. The second-order valence-corrected chi connectivity index (χ2v) is 4.75. The largest absolute Gasteiger partial charge is 0.481 e. The topological polar surface area (TPSA) is 90.0 Å². The molecule has 7 heteroatoms. The zero-order valence-electron chi connectivity index (χ0n) is 11.4. The molecule has 0 aliphatic carbocycles. The molecule has 0 unspecified atom stereocenters. The number of hydrogen-bond donors (Lipinski definition) is 2. The molecule has 0 atom stereocenters. The number of nitrogens with zero attached hydrogens (tertiary/aromatic N) is 2. The molecule has 1 aliphatic heterocycles. The minimum absolute atomic E-state index is 0.0323. The average Bonchev–Trinajstić information content (AvgIpc) is 2.31. The van der Waals surface area contributed by atoms with E-state index in [2.05, 4.69) is 5.32 Å². The highest BCUT2D eigenvalue weighted by Gasteiger charge is 2.34. The Bertz CT molecular complexity index is 353. The fraction of sp³-hybridized carbons (Fsp3) is 0.750. The Hall–Kier alpha value is -1.79. The van der Waals surface area contributed by atoms with Crippen molar-refractivity contribution in [2.45, 2.75) is 19.8 Å². The van der Waals surface area contributed by atoms with Crippen LogP contribution in [0.5, 0.6) is 0 Å². The van der Waals surface area contributed by atoms with Gasteiger partial charge in [-0.2, -0.15) is 0 Å². The van der Waals surface area contributed by atoms with E-state index >= 15 is 0 Å². The minimum atomic E-state index is -0.840. The first-order valence-corrected chi connectivity index (χ1v) is 6.44. The van der Waals surface area contributed by atoms with E-state index < -0.39 is 5.97 Å². The Labute approximate surface area is 112 Å². The second kappa shape index (κ2) is 6.96. The van der Waals surface area contributed by atoms with Crippen molar-refractivity contribution >= 4 is 17.9 Å². The van der Waals surface area contributed by atoms with Crippen LogP contribution in [0.1, 0.15) is 19.8 Å². The fourth-order valence-electron chi connectivity index (χ4n) is 2.07. The van der Waals surface area contributed by atoms with Crippen molar-refractivity contribution in [1.29, 1.82) is 0 Å². The molecule has 0 aromatic rings. The van der Waals surface area contributed by atoms with E-state index in [4.69, 9.17) is 5.11 Å². The van der Waals surface area contributed by atoms with Crippen molar-refractivity contribution < 1.29 is 19.5 Å². The van der Waals surface area contributed by atoms with E-state index in [1.807, 2.05) is 6.92 Å². The molecule has 0 saturated carbocycles. The molecule has 3 amide bonds. The van der Waals surface area contributed by atoms with Gasteiger partial charge < -0.3 is 20.2 Å². The number of carboxylic acids is 1. The summed E-state index contributed by atoms with van der Waals surface area (Å²) in [6, 6.07) is -0.188. The Morgan fingerprint density at radius 2 is 2.00 bits per heavy atom. The molecule has 1 heterocycles. The van der Waals surface area contributed by atoms with Crippen LogP contribution in [0.2, 0.25) is 0 Å². The average molecular weight is 271 g/mol. The zero-order chi connectivity index (χ0) is 14.4. The molecule has 1 fully saturated rings. The number of hydrogen-bond acceptors (Lipinski definition) is 3. The number of nitrogens with one attached hydrogen (secondary N) is 1. The number of amides is 3. The number of likely N-dealkylation sites (tertiary alicyclic amines) is 1. The van der Waals surface area contributed by atoms with Gasteiger partial charge in [-0.05, 0) is 6.42 Å². The van der Waals surface area contributed by atoms with E-state index in [9.17, 15) is 14.4 Å². The standard InChI is InChI=1S/C12H21N3O4/c1-3-4-14(8-10(16)13-2)12(19)15-6-9(7-15)5-11(17)18/h9H,3-8H2,1-2H3,(H,13,16)(H,17,18). The molecule has 2 N–H and O–H groups in total. The minimum Gasteiger partial charge on any atom is -0.481 e. The molecule has 1 rings (SSSR count). The number of aliphatic carboxylic acids is 1. The van der Waals surface area contributed by atoms with Crippen LogP contribution >= 0.6 is 0 Å². The summed E-state index contributed by atoms with van der Waals surface area (Å²) in [5.41, 5.74) is 0. The molecular weight excluding hydrogens is 250 g/mol. The zero-order valence-corrected chi connectivity index (χ0v) is 11.4. The Balaban J connectivity index is 2.45. The first kappa shape index (κ1) is 15.3. The van der Waals surface area contributed by atoms with Crippen molar-refractivity contribution in [2.24, 2.45) is 5.92 Å². The van der Waals surface area contributed by atoms with Crippen LogP contribution in [0.15, 0.2) is 0 Å². The Kier molecular flexibility index (Phi) is 5.59. The Morgan fingerprint density at radius 3 is 2.47 bits per heavy atom. The predicted molar refractivity (Wildman–Crippen MR) is 68.6 cm³/mol. The normalized spacial score (nSPS) is 14.7. The maximum absolute atomic E-state index is 12.1. The summed E-state index contributed by atoms with van der Waals surface area (Å²) >= 11 is 0. The van der Waals surface area contributed by atoms with Crippen molar-refractivity contribution in [3.63, 3.8) is 0 Å². The van der Waals surface area contributed by atoms with Crippen LogP contribution in [-0.2, 0) is 9.59 Å². The highest BCUT2D eigenvalue weighted by molar-refractivity contribution is 5.84. The van der Waals surface area contributed by atoms with Gasteiger partial charge >= 0.3 is 12.0 Å². The molecule has 0 bridgehead atoms. The highest BCUT2D eigenvalue weighted by Crippen LogP contribution is 2.20. The highest BCUT2D eigenvalue weighted by atomic mass is 16.4. The van der Waals surface area contributed by atoms with E-state index in [1.54, 1.807) is 4.90 Å². The lowest BCUT2D eigenvalue weighted by molar-refractivity contribution is -0.139. The third-order valence-corrected chi connectivity index (χ3v) is 3.07. The van der Waals surface area contributed by atoms with Gasteiger partial charge in [-0.15, -0.1) is 0 Å². The lowest BCUT2D eigenvalue weighted by atomic mass is 9.97. The van der Waals surface area contributed by atoms with Gasteiger partial charge in [0, 0.05) is 32.6 Å². The van der Waals surface area contributed by atoms with Gasteiger partial charge in [0.25, 0.3) is 0 Å². The van der Waals surface area contributed by atoms with Crippen molar-refractivity contribution in [1.82, 2.24) is 15.1 Å². The maximum Gasteiger partial charge on any atom is 0.320 e. The van der Waals surface area contributed by atoms with Crippen molar-refractivity contribution in [2.75, 3.05) is 33.2 Å². The third kappa shape index (κ3) is 4.42. The molecule has 0 aromatic carbocycles. The molecule has 0 aromatic heterocycles. The number of carbonyl (C=O) groups excluding carboxylic acids is 2. The monoisotopic (exact) mass is 271 g/mol. The number of carboxylic acid groups (broad SMARTS) is 1. The van der Waals surface area contributed by atoms with Gasteiger partial charge in [-0.3, -0.25) is 9.59 Å². The molecule has 1 aliphatic rings. The van der Waals surface area contributed by atoms with E-state index in [0.29, 0.717) is 19.6 Å². The lowest BCUT2D eigenvalue weighted by Gasteiger charge is -2.41. The summed E-state index contributed by atoms with van der Waals surface area (Å²) < 4.78 is 0. The summed E-state index contributed by atoms with van der Waals surface area (Å²) in [5, 5.41) is 11.1. The quantitative estimate of drug-likeness (QED) is 0.710. The van der Waals surface area contributed by atoms with Gasteiger partial charge in [0.1, 0.15) is 6.54 Å². The molecule has 0 radical (unpaired) electrons. The summed E-state index contributed by atoms with van der Waals surface area (Å²) in [7, 11) is 1.53. The predicted octanol–water partition coefficient (Wildman–Crippen LogP) is -0.0291. The number of urea groups is 1. The van der Waals surface area contributed by atoms with Crippen molar-refractivity contribution in [3.05, 3.63) is 0 Å². The maximum atomic E-state index is 12.1. The molecule has 0 spiro atoms. The van der Waals surface area contributed by atoms with Crippen LogP contribution < -0.4 is 5.32 Å². The van der Waals surface area contributed by atoms with Gasteiger partial charge in [-0.1, -0.05) is 6.92 Å². The summed E-state index contributed by atoms with van der Waals surface area (Å²) in [6.45, 7) is 3.42. The van der Waals surface area contributed by atoms with Crippen LogP contribution in [0.25, 0.3) is 0 Å². The smallest absolute Gasteiger partial charge is 0.320 e. The molecule has 1 saturated heterocycles. The summed E-state index contributed by atoms with van der Waals surface area (Å²) in [6.07, 6.45) is 0.863. The second-order valence-electron chi connectivity index (χ2n) is 4.75.